The fourth-order valence-corrected chi connectivity index (χ4v) is 1.59. The molecule has 2 aromatic rings. The van der Waals surface area contributed by atoms with Crippen molar-refractivity contribution < 1.29 is 14.3 Å². The molecular formula is C13H14N2O3. The van der Waals surface area contributed by atoms with Gasteiger partial charge in [0.1, 0.15) is 11.4 Å². The number of carbonyl (C=O) groups is 1. The molecule has 0 aliphatic heterocycles. The van der Waals surface area contributed by atoms with Crippen LogP contribution in [0.5, 0.6) is 11.5 Å². The number of methoxy groups -OCH3 is 1. The minimum Gasteiger partial charge on any atom is -0.465 e. The Morgan fingerprint density at radius 1 is 1.22 bits per heavy atom. The van der Waals surface area contributed by atoms with Crippen molar-refractivity contribution in [3.8, 4) is 11.5 Å². The molecule has 1 aromatic heterocycles. The van der Waals surface area contributed by atoms with E-state index in [9.17, 15) is 4.79 Å². The van der Waals surface area contributed by atoms with Crippen molar-refractivity contribution in [3.05, 3.63) is 41.2 Å². The minimum absolute atomic E-state index is 0.364. The molecule has 0 bridgehead atoms. The lowest BCUT2D eigenvalue weighted by Gasteiger charge is -2.06. The second-order valence-corrected chi connectivity index (χ2v) is 3.88. The highest BCUT2D eigenvalue weighted by atomic mass is 16.5. The highest BCUT2D eigenvalue weighted by Gasteiger charge is 2.09. The van der Waals surface area contributed by atoms with Gasteiger partial charge in [0, 0.05) is 0 Å². The smallest absolute Gasteiger partial charge is 0.337 e. The molecule has 1 heterocycles. The zero-order valence-corrected chi connectivity index (χ0v) is 10.5. The van der Waals surface area contributed by atoms with Crippen LogP contribution in [0.1, 0.15) is 21.7 Å². The summed E-state index contributed by atoms with van der Waals surface area (Å²) in [6.45, 7) is 3.75. The Balaban J connectivity index is 2.18. The van der Waals surface area contributed by atoms with E-state index in [0.717, 1.165) is 11.4 Å². The molecule has 18 heavy (non-hydrogen) atoms. The fourth-order valence-electron chi connectivity index (χ4n) is 1.59. The van der Waals surface area contributed by atoms with Crippen LogP contribution in [0.15, 0.2) is 24.3 Å². The lowest BCUT2D eigenvalue weighted by atomic mass is 10.2. The van der Waals surface area contributed by atoms with E-state index in [1.165, 1.54) is 7.11 Å². The number of benzene rings is 1. The van der Waals surface area contributed by atoms with Crippen molar-refractivity contribution in [3.63, 3.8) is 0 Å². The summed E-state index contributed by atoms with van der Waals surface area (Å²) in [5.74, 6) is 0.994. The Morgan fingerprint density at radius 2 is 1.89 bits per heavy atom. The van der Waals surface area contributed by atoms with Gasteiger partial charge in [-0.15, -0.1) is 0 Å². The summed E-state index contributed by atoms with van der Waals surface area (Å²) in [7, 11) is 1.35. The summed E-state index contributed by atoms with van der Waals surface area (Å²) in [5, 5.41) is 6.89. The van der Waals surface area contributed by atoms with Crippen LogP contribution in [-0.2, 0) is 4.74 Å². The van der Waals surface area contributed by atoms with Crippen molar-refractivity contribution in [2.24, 2.45) is 0 Å². The second-order valence-electron chi connectivity index (χ2n) is 3.88. The third-order valence-corrected chi connectivity index (χ3v) is 2.56. The lowest BCUT2D eigenvalue weighted by Crippen LogP contribution is -2.00. The summed E-state index contributed by atoms with van der Waals surface area (Å²) in [6.07, 6.45) is 0. The number of nitrogens with zero attached hydrogens (tertiary/aromatic N) is 1. The van der Waals surface area contributed by atoms with Gasteiger partial charge in [0.05, 0.1) is 18.4 Å². The first kappa shape index (κ1) is 12.2. The van der Waals surface area contributed by atoms with Crippen molar-refractivity contribution in [2.45, 2.75) is 13.8 Å². The first-order valence-electron chi connectivity index (χ1n) is 5.49. The fraction of sp³-hybridized carbons (Fsp3) is 0.231. The van der Waals surface area contributed by atoms with Gasteiger partial charge in [-0.25, -0.2) is 4.79 Å². The molecule has 0 saturated heterocycles. The zero-order valence-electron chi connectivity index (χ0n) is 10.5. The van der Waals surface area contributed by atoms with Gasteiger partial charge >= 0.3 is 5.97 Å². The molecule has 0 aliphatic rings. The first-order chi connectivity index (χ1) is 8.61. The molecule has 5 heteroatoms. The van der Waals surface area contributed by atoms with Gasteiger partial charge in [-0.2, -0.15) is 5.10 Å². The number of H-pyrrole nitrogens is 1. The summed E-state index contributed by atoms with van der Waals surface area (Å²) < 4.78 is 10.3. The molecule has 94 valence electrons. The van der Waals surface area contributed by atoms with Crippen LogP contribution in [0.4, 0.5) is 0 Å². The van der Waals surface area contributed by atoms with Gasteiger partial charge in [0.15, 0.2) is 5.75 Å². The number of rotatable bonds is 3. The Bertz CT molecular complexity index is 539. The van der Waals surface area contributed by atoms with Crippen molar-refractivity contribution in [1.29, 1.82) is 0 Å². The number of carbonyl (C=O) groups excluding carboxylic acids is 1. The molecule has 0 aliphatic carbocycles. The average molecular weight is 246 g/mol. The van der Waals surface area contributed by atoms with E-state index >= 15 is 0 Å². The van der Waals surface area contributed by atoms with Crippen molar-refractivity contribution in [2.75, 3.05) is 7.11 Å². The number of hydrogen-bond acceptors (Lipinski definition) is 4. The van der Waals surface area contributed by atoms with Gasteiger partial charge < -0.3 is 9.47 Å². The number of aromatic amines is 1. The molecule has 1 N–H and O–H groups in total. The molecule has 5 nitrogen and oxygen atoms in total. The number of hydrogen-bond donors (Lipinski definition) is 1. The predicted octanol–water partition coefficient (Wildman–Crippen LogP) is 2.61. The molecule has 0 radical (unpaired) electrons. The van der Waals surface area contributed by atoms with E-state index in [1.54, 1.807) is 24.3 Å². The van der Waals surface area contributed by atoms with Crippen LogP contribution in [-0.4, -0.2) is 23.3 Å². The predicted molar refractivity (Wildman–Crippen MR) is 65.9 cm³/mol. The van der Waals surface area contributed by atoms with Crippen LogP contribution in [0.2, 0.25) is 0 Å². The Morgan fingerprint density at radius 3 is 2.39 bits per heavy atom. The topological polar surface area (TPSA) is 64.2 Å². The van der Waals surface area contributed by atoms with E-state index in [0.29, 0.717) is 17.1 Å². The van der Waals surface area contributed by atoms with Gasteiger partial charge in [-0.05, 0) is 38.1 Å². The van der Waals surface area contributed by atoms with Gasteiger partial charge in [0.2, 0.25) is 0 Å². The molecule has 0 atom stereocenters. The summed E-state index contributed by atoms with van der Waals surface area (Å²) in [6, 6.07) is 6.76. The van der Waals surface area contributed by atoms with E-state index in [-0.39, 0.29) is 5.97 Å². The summed E-state index contributed by atoms with van der Waals surface area (Å²) in [5.41, 5.74) is 2.15. The van der Waals surface area contributed by atoms with Crippen LogP contribution >= 0.6 is 0 Å². The maximum absolute atomic E-state index is 11.3. The lowest BCUT2D eigenvalue weighted by molar-refractivity contribution is 0.0600. The second kappa shape index (κ2) is 4.91. The quantitative estimate of drug-likeness (QED) is 0.845. The van der Waals surface area contributed by atoms with Crippen LogP contribution in [0.3, 0.4) is 0 Å². The number of ether oxygens (including phenoxy) is 2. The highest BCUT2D eigenvalue weighted by Crippen LogP contribution is 2.26. The Kier molecular flexibility index (Phi) is 3.32. The monoisotopic (exact) mass is 246 g/mol. The Labute approximate surface area is 105 Å². The average Bonchev–Trinajstić information content (AvgIpc) is 2.70. The number of aromatic nitrogens is 2. The summed E-state index contributed by atoms with van der Waals surface area (Å²) in [4.78, 5) is 11.3. The molecule has 2 rings (SSSR count). The van der Waals surface area contributed by atoms with Crippen molar-refractivity contribution in [1.82, 2.24) is 10.2 Å². The van der Waals surface area contributed by atoms with Crippen molar-refractivity contribution >= 4 is 5.97 Å². The SMILES string of the molecule is COC(=O)c1ccc(Oc2c(C)n[nH]c2C)cc1. The molecule has 0 unspecified atom stereocenters. The van der Waals surface area contributed by atoms with E-state index in [4.69, 9.17) is 4.74 Å². The number of aryl methyl sites for hydroxylation is 2. The molecule has 0 amide bonds. The van der Waals surface area contributed by atoms with Gasteiger partial charge in [-0.3, -0.25) is 5.10 Å². The largest absolute Gasteiger partial charge is 0.465 e. The molecule has 0 fully saturated rings. The van der Waals surface area contributed by atoms with E-state index in [1.807, 2.05) is 13.8 Å². The first-order valence-corrected chi connectivity index (χ1v) is 5.49. The minimum atomic E-state index is -0.364. The maximum atomic E-state index is 11.3. The highest BCUT2D eigenvalue weighted by molar-refractivity contribution is 5.89. The molecule has 1 aromatic carbocycles. The number of esters is 1. The van der Waals surface area contributed by atoms with Crippen LogP contribution < -0.4 is 4.74 Å². The molecular weight excluding hydrogens is 232 g/mol. The molecule has 0 saturated carbocycles. The van der Waals surface area contributed by atoms with Crippen LogP contribution in [0.25, 0.3) is 0 Å². The van der Waals surface area contributed by atoms with Gasteiger partial charge in [0.25, 0.3) is 0 Å². The van der Waals surface area contributed by atoms with E-state index in [2.05, 4.69) is 14.9 Å². The Hall–Kier alpha value is -2.30. The number of nitrogens with one attached hydrogen (secondary N) is 1. The third-order valence-electron chi connectivity index (χ3n) is 2.56. The molecule has 0 spiro atoms. The standard InChI is InChI=1S/C13H14N2O3/c1-8-12(9(2)15-14-8)18-11-6-4-10(5-7-11)13(16)17-3/h4-7H,1-3H3,(H,14,15). The third kappa shape index (κ3) is 2.34. The zero-order chi connectivity index (χ0) is 13.1. The van der Waals surface area contributed by atoms with E-state index < -0.39 is 0 Å². The maximum Gasteiger partial charge on any atom is 0.337 e. The van der Waals surface area contributed by atoms with Crippen LogP contribution in [0, 0.1) is 13.8 Å². The normalized spacial score (nSPS) is 10.2. The summed E-state index contributed by atoms with van der Waals surface area (Å²) >= 11 is 0. The van der Waals surface area contributed by atoms with Gasteiger partial charge in [-0.1, -0.05) is 0 Å².